The molecule has 154 valence electrons. The summed E-state index contributed by atoms with van der Waals surface area (Å²) in [4.78, 5) is 0.367. The topological polar surface area (TPSA) is 81.2 Å². The predicted molar refractivity (Wildman–Crippen MR) is 118 cm³/mol. The highest BCUT2D eigenvalue weighted by Crippen LogP contribution is 2.36. The number of para-hydroxylation sites is 1. The van der Waals surface area contributed by atoms with Gasteiger partial charge in [-0.25, -0.2) is 8.42 Å². The largest absolute Gasteiger partial charge is 0.333 e. The third kappa shape index (κ3) is 3.93. The van der Waals surface area contributed by atoms with Gasteiger partial charge in [-0.05, 0) is 68.1 Å². The number of hydrogen-bond acceptors (Lipinski definition) is 4. The Morgan fingerprint density at radius 2 is 1.79 bits per heavy atom. The van der Waals surface area contributed by atoms with E-state index in [9.17, 15) is 8.42 Å². The van der Waals surface area contributed by atoms with Crippen LogP contribution in [0.15, 0.2) is 53.7 Å². The van der Waals surface area contributed by atoms with Crippen molar-refractivity contribution in [3.63, 3.8) is 0 Å². The van der Waals surface area contributed by atoms with E-state index in [4.69, 9.17) is 0 Å². The Bertz CT molecular complexity index is 1120. The summed E-state index contributed by atoms with van der Waals surface area (Å²) in [7, 11) is -0.243. The van der Waals surface area contributed by atoms with Crippen molar-refractivity contribution in [2.75, 3.05) is 17.9 Å². The summed E-state index contributed by atoms with van der Waals surface area (Å²) in [5, 5.41) is 4.19. The van der Waals surface area contributed by atoms with E-state index >= 15 is 0 Å². The summed E-state index contributed by atoms with van der Waals surface area (Å²) in [6, 6.07) is 11.5. The van der Waals surface area contributed by atoms with Gasteiger partial charge in [0.2, 0.25) is 0 Å². The quantitative estimate of drug-likeness (QED) is 0.715. The Hall–Kier alpha value is -2.64. The van der Waals surface area contributed by atoms with Gasteiger partial charge in [0.25, 0.3) is 10.0 Å². The maximum Gasteiger partial charge on any atom is 0.264 e. The molecule has 0 radical (unpaired) electrons. The summed E-state index contributed by atoms with van der Waals surface area (Å²) < 4.78 is 30.3. The summed E-state index contributed by atoms with van der Waals surface area (Å²) in [6.07, 6.45) is 5.46. The minimum Gasteiger partial charge on any atom is -0.333 e. The number of hydrogen-bond donors (Lipinski definition) is 1. The van der Waals surface area contributed by atoms with Crippen LogP contribution in [-0.4, -0.2) is 31.8 Å². The molecule has 1 aliphatic heterocycles. The number of aryl methyl sites for hydroxylation is 4. The van der Waals surface area contributed by atoms with Gasteiger partial charge in [-0.3, -0.25) is 8.99 Å². The second-order valence-electron chi connectivity index (χ2n) is 7.15. The average Bonchev–Trinajstić information content (AvgIpc) is 3.15. The SMILES string of the molecule is CN.Cc1cc(-c2cnn(C)c2)ccc1S(=O)(=O)N1CCCc2cccc(C)c21. The molecular weight excluding hydrogens is 384 g/mol. The number of nitrogens with zero attached hydrogens (tertiary/aromatic N) is 3. The van der Waals surface area contributed by atoms with E-state index in [1.165, 1.54) is 7.05 Å². The van der Waals surface area contributed by atoms with Crippen LogP contribution in [0.5, 0.6) is 0 Å². The summed E-state index contributed by atoms with van der Waals surface area (Å²) in [5.74, 6) is 0. The van der Waals surface area contributed by atoms with E-state index in [0.29, 0.717) is 11.4 Å². The van der Waals surface area contributed by atoms with Gasteiger partial charge in [0.1, 0.15) is 0 Å². The van der Waals surface area contributed by atoms with Crippen molar-refractivity contribution in [3.8, 4) is 11.1 Å². The lowest BCUT2D eigenvalue weighted by molar-refractivity contribution is 0.586. The average molecular weight is 413 g/mol. The van der Waals surface area contributed by atoms with Crippen molar-refractivity contribution in [1.29, 1.82) is 0 Å². The maximum atomic E-state index is 13.5. The van der Waals surface area contributed by atoms with Crippen LogP contribution in [0.25, 0.3) is 11.1 Å². The van der Waals surface area contributed by atoms with Crippen LogP contribution in [0.4, 0.5) is 5.69 Å². The van der Waals surface area contributed by atoms with Crippen LogP contribution in [0.2, 0.25) is 0 Å². The molecule has 3 aromatic rings. The van der Waals surface area contributed by atoms with Crippen molar-refractivity contribution in [1.82, 2.24) is 9.78 Å². The van der Waals surface area contributed by atoms with Crippen molar-refractivity contribution in [2.24, 2.45) is 12.8 Å². The van der Waals surface area contributed by atoms with E-state index in [1.807, 2.05) is 57.4 Å². The zero-order valence-corrected chi connectivity index (χ0v) is 18.2. The lowest BCUT2D eigenvalue weighted by atomic mass is 10.0. The highest BCUT2D eigenvalue weighted by molar-refractivity contribution is 7.92. The normalized spacial score (nSPS) is 13.5. The molecule has 0 saturated carbocycles. The molecule has 0 amide bonds. The fourth-order valence-corrected chi connectivity index (χ4v) is 5.67. The molecule has 0 saturated heterocycles. The van der Waals surface area contributed by atoms with Gasteiger partial charge in [-0.2, -0.15) is 5.10 Å². The molecule has 7 heteroatoms. The third-order valence-electron chi connectivity index (χ3n) is 5.16. The summed E-state index contributed by atoms with van der Waals surface area (Å²) in [6.45, 7) is 4.35. The zero-order chi connectivity index (χ0) is 21.2. The Kier molecular flexibility index (Phi) is 6.10. The molecule has 4 rings (SSSR count). The van der Waals surface area contributed by atoms with E-state index in [-0.39, 0.29) is 0 Å². The fraction of sp³-hybridized carbons (Fsp3) is 0.318. The van der Waals surface area contributed by atoms with Crippen LogP contribution >= 0.6 is 0 Å². The monoisotopic (exact) mass is 412 g/mol. The van der Waals surface area contributed by atoms with Crippen LogP contribution < -0.4 is 10.0 Å². The number of nitrogens with two attached hydrogens (primary N) is 1. The number of aromatic nitrogens is 2. The van der Waals surface area contributed by atoms with Crippen molar-refractivity contribution in [3.05, 3.63) is 65.5 Å². The molecule has 0 unspecified atom stereocenters. The smallest absolute Gasteiger partial charge is 0.264 e. The standard InChI is InChI=1S/C21H23N3O2S.CH5N/c1-15-6-4-7-17-8-5-11-24(21(15)17)27(25,26)20-10-9-18(12-16(20)2)19-13-22-23(3)14-19;1-2/h4,6-7,9-10,12-14H,5,8,11H2,1-3H3;2H2,1H3. The number of rotatable bonds is 3. The van der Waals surface area contributed by atoms with Crippen molar-refractivity contribution in [2.45, 2.75) is 31.6 Å². The molecule has 2 aromatic carbocycles. The Balaban J connectivity index is 0.00000117. The lowest BCUT2D eigenvalue weighted by Crippen LogP contribution is -2.36. The summed E-state index contributed by atoms with van der Waals surface area (Å²) >= 11 is 0. The maximum absolute atomic E-state index is 13.5. The molecule has 0 aliphatic carbocycles. The minimum atomic E-state index is -3.61. The van der Waals surface area contributed by atoms with Crippen molar-refractivity contribution < 1.29 is 8.42 Å². The summed E-state index contributed by atoms with van der Waals surface area (Å²) in [5.41, 5.74) is 10.1. The Morgan fingerprint density at radius 3 is 2.45 bits per heavy atom. The van der Waals surface area contributed by atoms with Crippen LogP contribution in [0.3, 0.4) is 0 Å². The van der Waals surface area contributed by atoms with Gasteiger partial charge in [0.05, 0.1) is 16.8 Å². The van der Waals surface area contributed by atoms with E-state index in [1.54, 1.807) is 21.3 Å². The minimum absolute atomic E-state index is 0.367. The van der Waals surface area contributed by atoms with Crippen LogP contribution in [-0.2, 0) is 23.5 Å². The van der Waals surface area contributed by atoms with Gasteiger partial charge in [-0.1, -0.05) is 24.3 Å². The van der Waals surface area contributed by atoms with E-state index < -0.39 is 10.0 Å². The first-order valence-corrected chi connectivity index (χ1v) is 11.1. The molecular formula is C22H28N4O2S. The van der Waals surface area contributed by atoms with Gasteiger partial charge in [0.15, 0.2) is 0 Å². The number of benzene rings is 2. The molecule has 1 aliphatic rings. The number of sulfonamides is 1. The molecule has 6 nitrogen and oxygen atoms in total. The molecule has 2 N–H and O–H groups in total. The van der Waals surface area contributed by atoms with Gasteiger partial charge in [-0.15, -0.1) is 0 Å². The van der Waals surface area contributed by atoms with Gasteiger partial charge in [0, 0.05) is 25.4 Å². The zero-order valence-electron chi connectivity index (χ0n) is 17.4. The molecule has 29 heavy (non-hydrogen) atoms. The molecule has 1 aromatic heterocycles. The second kappa shape index (κ2) is 8.39. The third-order valence-corrected chi connectivity index (χ3v) is 7.12. The van der Waals surface area contributed by atoms with E-state index in [2.05, 4.69) is 10.8 Å². The van der Waals surface area contributed by atoms with Crippen LogP contribution in [0, 0.1) is 13.8 Å². The predicted octanol–water partition coefficient (Wildman–Crippen LogP) is 3.42. The molecule has 0 fully saturated rings. The number of anilines is 1. The van der Waals surface area contributed by atoms with Gasteiger partial charge < -0.3 is 5.73 Å². The molecule has 2 heterocycles. The molecule has 0 spiro atoms. The van der Waals surface area contributed by atoms with Gasteiger partial charge >= 0.3 is 0 Å². The Labute approximate surface area is 173 Å². The Morgan fingerprint density at radius 1 is 1.03 bits per heavy atom. The van der Waals surface area contributed by atoms with Crippen LogP contribution in [0.1, 0.15) is 23.1 Å². The molecule has 0 bridgehead atoms. The first-order valence-electron chi connectivity index (χ1n) is 9.66. The highest BCUT2D eigenvalue weighted by Gasteiger charge is 2.31. The first-order chi connectivity index (χ1) is 13.9. The van der Waals surface area contributed by atoms with Crippen molar-refractivity contribution >= 4 is 15.7 Å². The lowest BCUT2D eigenvalue weighted by Gasteiger charge is -2.32. The molecule has 0 atom stereocenters. The highest BCUT2D eigenvalue weighted by atomic mass is 32.2. The first kappa shape index (κ1) is 21.1. The second-order valence-corrected chi connectivity index (χ2v) is 8.98. The number of fused-ring (bicyclic) bond motifs is 1. The fourth-order valence-electron chi connectivity index (χ4n) is 3.85. The van der Waals surface area contributed by atoms with E-state index in [0.717, 1.165) is 46.3 Å².